The zero-order chi connectivity index (χ0) is 15.2. The minimum Gasteiger partial charge on any atom is -0.469 e. The summed E-state index contributed by atoms with van der Waals surface area (Å²) in [5.74, 6) is -0.495. The first-order valence-corrected chi connectivity index (χ1v) is 7.47. The van der Waals surface area contributed by atoms with E-state index in [1.165, 1.54) is 12.3 Å². The average molecular weight is 305 g/mol. The van der Waals surface area contributed by atoms with Crippen LogP contribution in [0.1, 0.15) is 16.1 Å². The fraction of sp³-hybridized carbons (Fsp3) is 0.200. The lowest BCUT2D eigenvalue weighted by Crippen LogP contribution is -2.21. The Balaban J connectivity index is 1.87. The van der Waals surface area contributed by atoms with Gasteiger partial charge < -0.3 is 14.5 Å². The topological polar surface area (TPSA) is 68.5 Å². The maximum atomic E-state index is 11.8. The van der Waals surface area contributed by atoms with Crippen molar-refractivity contribution in [1.29, 1.82) is 0 Å². The van der Waals surface area contributed by atoms with Crippen molar-refractivity contribution < 1.29 is 18.7 Å². The Kier molecular flexibility index (Phi) is 5.05. The minimum absolute atomic E-state index is 0.326. The molecule has 21 heavy (non-hydrogen) atoms. The molecule has 0 aliphatic heterocycles. The van der Waals surface area contributed by atoms with Gasteiger partial charge in [-0.1, -0.05) is 6.07 Å². The number of nitrogens with one attached hydrogen (secondary N) is 1. The Bertz CT molecular complexity index is 651. The van der Waals surface area contributed by atoms with Crippen molar-refractivity contribution in [3.8, 4) is 0 Å². The predicted molar refractivity (Wildman–Crippen MR) is 80.6 cm³/mol. The zero-order valence-electron chi connectivity index (χ0n) is 11.7. The summed E-state index contributed by atoms with van der Waals surface area (Å²) in [5, 5.41) is 2.68. The minimum atomic E-state index is -0.575. The number of thioether (sulfide) groups is 1. The van der Waals surface area contributed by atoms with Gasteiger partial charge in [0, 0.05) is 10.6 Å². The Morgan fingerprint density at radius 2 is 2.14 bits per heavy atom. The second kappa shape index (κ2) is 6.99. The maximum absolute atomic E-state index is 11.8. The Morgan fingerprint density at radius 1 is 1.33 bits per heavy atom. The van der Waals surface area contributed by atoms with E-state index in [1.54, 1.807) is 24.8 Å². The monoisotopic (exact) mass is 305 g/mol. The number of aryl methyl sites for hydroxylation is 1. The van der Waals surface area contributed by atoms with E-state index < -0.39 is 5.97 Å². The molecule has 0 aliphatic carbocycles. The lowest BCUT2D eigenvalue weighted by atomic mass is 10.3. The molecule has 6 heteroatoms. The lowest BCUT2D eigenvalue weighted by Gasteiger charge is -2.07. The van der Waals surface area contributed by atoms with Gasteiger partial charge in [-0.2, -0.15) is 0 Å². The zero-order valence-corrected chi connectivity index (χ0v) is 12.5. The van der Waals surface area contributed by atoms with E-state index in [1.807, 2.05) is 24.5 Å². The van der Waals surface area contributed by atoms with Gasteiger partial charge in [-0.05, 0) is 37.4 Å². The van der Waals surface area contributed by atoms with Crippen LogP contribution in [0.15, 0.2) is 45.9 Å². The highest BCUT2D eigenvalue weighted by atomic mass is 32.2. The molecule has 2 rings (SSSR count). The summed E-state index contributed by atoms with van der Waals surface area (Å²) in [6.45, 7) is 1.32. The second-order valence-electron chi connectivity index (χ2n) is 4.25. The molecule has 0 unspecified atom stereocenters. The van der Waals surface area contributed by atoms with Crippen LogP contribution in [-0.2, 0) is 9.53 Å². The third-order valence-corrected chi connectivity index (χ3v) is 3.49. The molecule has 1 heterocycles. The summed E-state index contributed by atoms with van der Waals surface area (Å²) in [5.41, 5.74) is 0.995. The Morgan fingerprint density at radius 3 is 2.81 bits per heavy atom. The van der Waals surface area contributed by atoms with Gasteiger partial charge in [0.1, 0.15) is 11.3 Å². The number of carbonyl (C=O) groups is 2. The summed E-state index contributed by atoms with van der Waals surface area (Å²) in [6, 6.07) is 8.94. The van der Waals surface area contributed by atoms with E-state index in [-0.39, 0.29) is 12.5 Å². The SMILES string of the molecule is CSc1cccc(NC(=O)COC(=O)c2ccoc2C)c1. The molecule has 0 saturated carbocycles. The van der Waals surface area contributed by atoms with Crippen LogP contribution >= 0.6 is 11.8 Å². The number of hydrogen-bond acceptors (Lipinski definition) is 5. The molecule has 0 fully saturated rings. The maximum Gasteiger partial charge on any atom is 0.342 e. The van der Waals surface area contributed by atoms with E-state index in [2.05, 4.69) is 5.32 Å². The van der Waals surface area contributed by atoms with Gasteiger partial charge in [-0.3, -0.25) is 4.79 Å². The standard InChI is InChI=1S/C15H15NO4S/c1-10-13(6-7-19-10)15(18)20-9-14(17)16-11-4-3-5-12(8-11)21-2/h3-8H,9H2,1-2H3,(H,16,17). The summed E-state index contributed by atoms with van der Waals surface area (Å²) in [4.78, 5) is 24.5. The molecule has 1 aromatic heterocycles. The van der Waals surface area contributed by atoms with Gasteiger partial charge in [-0.25, -0.2) is 4.79 Å². The van der Waals surface area contributed by atoms with Gasteiger partial charge in [0.05, 0.1) is 6.26 Å². The highest BCUT2D eigenvalue weighted by Gasteiger charge is 2.14. The van der Waals surface area contributed by atoms with E-state index >= 15 is 0 Å². The Hall–Kier alpha value is -2.21. The van der Waals surface area contributed by atoms with Crippen LogP contribution in [0.25, 0.3) is 0 Å². The van der Waals surface area contributed by atoms with Gasteiger partial charge in [-0.15, -0.1) is 11.8 Å². The number of carbonyl (C=O) groups excluding carboxylic acids is 2. The van der Waals surface area contributed by atoms with E-state index in [0.29, 0.717) is 17.0 Å². The van der Waals surface area contributed by atoms with Gasteiger partial charge in [0.15, 0.2) is 6.61 Å². The highest BCUT2D eigenvalue weighted by molar-refractivity contribution is 7.98. The van der Waals surface area contributed by atoms with Crippen LogP contribution in [0.3, 0.4) is 0 Å². The normalized spacial score (nSPS) is 10.2. The van der Waals surface area contributed by atoms with Crippen LogP contribution < -0.4 is 5.32 Å². The molecule has 1 amide bonds. The number of anilines is 1. The van der Waals surface area contributed by atoms with Crippen molar-refractivity contribution in [1.82, 2.24) is 0 Å². The quantitative estimate of drug-likeness (QED) is 0.679. The van der Waals surface area contributed by atoms with Crippen molar-refractivity contribution in [2.24, 2.45) is 0 Å². The van der Waals surface area contributed by atoms with Crippen LogP contribution in [-0.4, -0.2) is 24.7 Å². The van der Waals surface area contributed by atoms with Crippen molar-refractivity contribution in [3.05, 3.63) is 47.9 Å². The molecule has 1 N–H and O–H groups in total. The number of amides is 1. The first kappa shape index (κ1) is 15.2. The number of esters is 1. The van der Waals surface area contributed by atoms with Gasteiger partial charge in [0.25, 0.3) is 5.91 Å². The molecule has 1 aromatic carbocycles. The fourth-order valence-corrected chi connectivity index (χ4v) is 2.16. The fourth-order valence-electron chi connectivity index (χ4n) is 1.70. The summed E-state index contributed by atoms with van der Waals surface area (Å²) in [6.07, 6.45) is 3.36. The highest BCUT2D eigenvalue weighted by Crippen LogP contribution is 2.18. The van der Waals surface area contributed by atoms with E-state index in [4.69, 9.17) is 9.15 Å². The van der Waals surface area contributed by atoms with E-state index in [9.17, 15) is 9.59 Å². The molecule has 0 bridgehead atoms. The van der Waals surface area contributed by atoms with Crippen molar-refractivity contribution in [3.63, 3.8) is 0 Å². The van der Waals surface area contributed by atoms with Crippen molar-refractivity contribution in [2.75, 3.05) is 18.2 Å². The molecule has 2 aromatic rings. The summed E-state index contributed by atoms with van der Waals surface area (Å²) < 4.78 is 9.95. The summed E-state index contributed by atoms with van der Waals surface area (Å²) in [7, 11) is 0. The first-order valence-electron chi connectivity index (χ1n) is 6.25. The lowest BCUT2D eigenvalue weighted by molar-refractivity contribution is -0.119. The molecule has 0 spiro atoms. The van der Waals surface area contributed by atoms with Crippen LogP contribution in [0.4, 0.5) is 5.69 Å². The molecule has 110 valence electrons. The molecule has 0 atom stereocenters. The average Bonchev–Trinajstić information content (AvgIpc) is 2.91. The molecular formula is C15H15NO4S. The van der Waals surface area contributed by atoms with Crippen molar-refractivity contribution >= 4 is 29.3 Å². The number of ether oxygens (including phenoxy) is 1. The molecule has 0 saturated heterocycles. The Labute approximate surface area is 126 Å². The molecular weight excluding hydrogens is 290 g/mol. The van der Waals surface area contributed by atoms with Crippen LogP contribution in [0.2, 0.25) is 0 Å². The van der Waals surface area contributed by atoms with Crippen LogP contribution in [0.5, 0.6) is 0 Å². The smallest absolute Gasteiger partial charge is 0.342 e. The number of rotatable bonds is 5. The second-order valence-corrected chi connectivity index (χ2v) is 5.13. The molecule has 5 nitrogen and oxygen atoms in total. The van der Waals surface area contributed by atoms with Gasteiger partial charge in [0.2, 0.25) is 0 Å². The number of hydrogen-bond donors (Lipinski definition) is 1. The number of benzene rings is 1. The van der Waals surface area contributed by atoms with E-state index in [0.717, 1.165) is 4.90 Å². The first-order chi connectivity index (χ1) is 10.1. The largest absolute Gasteiger partial charge is 0.469 e. The third-order valence-electron chi connectivity index (χ3n) is 2.77. The number of furan rings is 1. The van der Waals surface area contributed by atoms with Gasteiger partial charge >= 0.3 is 5.97 Å². The molecule has 0 aliphatic rings. The predicted octanol–water partition coefficient (Wildman–Crippen LogP) is 3.11. The third kappa shape index (κ3) is 4.13. The summed E-state index contributed by atoms with van der Waals surface area (Å²) >= 11 is 1.58. The van der Waals surface area contributed by atoms with Crippen LogP contribution in [0, 0.1) is 6.92 Å². The van der Waals surface area contributed by atoms with Crippen molar-refractivity contribution in [2.45, 2.75) is 11.8 Å². The molecule has 0 radical (unpaired) electrons.